The molecule has 2 aromatic rings. The third kappa shape index (κ3) is 2.87. The quantitative estimate of drug-likeness (QED) is 0.937. The van der Waals surface area contributed by atoms with E-state index in [-0.39, 0.29) is 0 Å². The van der Waals surface area contributed by atoms with Crippen LogP contribution in [0, 0.1) is 5.92 Å². The van der Waals surface area contributed by atoms with Gasteiger partial charge in [0.05, 0.1) is 12.8 Å². The molecule has 0 amide bonds. The summed E-state index contributed by atoms with van der Waals surface area (Å²) >= 11 is 0. The van der Waals surface area contributed by atoms with Crippen LogP contribution in [0.4, 0.5) is 0 Å². The molecule has 112 valence electrons. The van der Waals surface area contributed by atoms with Crippen molar-refractivity contribution in [2.24, 2.45) is 11.7 Å². The van der Waals surface area contributed by atoms with E-state index in [9.17, 15) is 0 Å². The van der Waals surface area contributed by atoms with Crippen LogP contribution in [-0.4, -0.2) is 36.1 Å². The van der Waals surface area contributed by atoms with Gasteiger partial charge in [0, 0.05) is 24.5 Å². The number of likely N-dealkylation sites (tertiary alicyclic amines) is 1. The van der Waals surface area contributed by atoms with Crippen LogP contribution in [0.2, 0.25) is 0 Å². The second-order valence-electron chi connectivity index (χ2n) is 5.95. The van der Waals surface area contributed by atoms with Crippen molar-refractivity contribution in [1.29, 1.82) is 0 Å². The number of ether oxygens (including phenoxy) is 1. The number of pyridine rings is 1. The molecule has 1 fully saturated rings. The van der Waals surface area contributed by atoms with Gasteiger partial charge < -0.3 is 10.5 Å². The lowest BCUT2D eigenvalue weighted by Gasteiger charge is -2.20. The Kier molecular flexibility index (Phi) is 4.08. The minimum absolute atomic E-state index is 0.578. The number of aromatic nitrogens is 1. The van der Waals surface area contributed by atoms with Crippen LogP contribution in [0.15, 0.2) is 30.3 Å². The van der Waals surface area contributed by atoms with Crippen molar-refractivity contribution in [1.82, 2.24) is 9.88 Å². The van der Waals surface area contributed by atoms with Gasteiger partial charge in [-0.3, -0.25) is 4.90 Å². The topological polar surface area (TPSA) is 51.4 Å². The predicted molar refractivity (Wildman–Crippen MR) is 85.3 cm³/mol. The van der Waals surface area contributed by atoms with Crippen LogP contribution in [0.25, 0.3) is 10.9 Å². The highest BCUT2D eigenvalue weighted by molar-refractivity contribution is 5.84. The molecule has 0 spiro atoms. The molecule has 1 aliphatic rings. The SMILES string of the molecule is COc1cccc2ccc(CN3CC(CN)CC3C)nc12. The van der Waals surface area contributed by atoms with Crippen molar-refractivity contribution in [2.75, 3.05) is 20.2 Å². The number of benzene rings is 1. The van der Waals surface area contributed by atoms with Crippen molar-refractivity contribution in [3.05, 3.63) is 36.0 Å². The van der Waals surface area contributed by atoms with Crippen LogP contribution in [0.1, 0.15) is 19.0 Å². The molecule has 2 heterocycles. The van der Waals surface area contributed by atoms with E-state index in [1.165, 1.54) is 6.42 Å². The van der Waals surface area contributed by atoms with Gasteiger partial charge in [0.2, 0.25) is 0 Å². The summed E-state index contributed by atoms with van der Waals surface area (Å²) in [5, 5.41) is 1.12. The molecule has 4 nitrogen and oxygen atoms in total. The van der Waals surface area contributed by atoms with Crippen molar-refractivity contribution in [3.63, 3.8) is 0 Å². The van der Waals surface area contributed by atoms with Crippen molar-refractivity contribution >= 4 is 10.9 Å². The molecule has 3 rings (SSSR count). The molecule has 4 heteroatoms. The normalized spacial score (nSPS) is 22.8. The maximum atomic E-state index is 5.81. The van der Waals surface area contributed by atoms with Crippen LogP contribution in [0.3, 0.4) is 0 Å². The monoisotopic (exact) mass is 285 g/mol. The molecule has 0 aliphatic carbocycles. The number of para-hydroxylation sites is 1. The highest BCUT2D eigenvalue weighted by atomic mass is 16.5. The van der Waals surface area contributed by atoms with Gasteiger partial charge >= 0.3 is 0 Å². The van der Waals surface area contributed by atoms with E-state index >= 15 is 0 Å². The zero-order valence-electron chi connectivity index (χ0n) is 12.7. The van der Waals surface area contributed by atoms with Crippen molar-refractivity contribution in [3.8, 4) is 5.75 Å². The minimum Gasteiger partial charge on any atom is -0.494 e. The number of fused-ring (bicyclic) bond motifs is 1. The minimum atomic E-state index is 0.578. The van der Waals surface area contributed by atoms with E-state index in [4.69, 9.17) is 15.5 Å². The summed E-state index contributed by atoms with van der Waals surface area (Å²) in [5.74, 6) is 1.46. The zero-order valence-corrected chi connectivity index (χ0v) is 12.7. The van der Waals surface area contributed by atoms with Gasteiger partial charge in [-0.2, -0.15) is 0 Å². The number of methoxy groups -OCH3 is 1. The average molecular weight is 285 g/mol. The molecular weight excluding hydrogens is 262 g/mol. The molecule has 0 radical (unpaired) electrons. The zero-order chi connectivity index (χ0) is 14.8. The van der Waals surface area contributed by atoms with Gasteiger partial charge in [-0.15, -0.1) is 0 Å². The van der Waals surface area contributed by atoms with Gasteiger partial charge in [0.15, 0.2) is 0 Å². The molecule has 21 heavy (non-hydrogen) atoms. The molecule has 2 unspecified atom stereocenters. The number of hydrogen-bond acceptors (Lipinski definition) is 4. The van der Waals surface area contributed by atoms with E-state index < -0.39 is 0 Å². The van der Waals surface area contributed by atoms with Crippen molar-refractivity contribution in [2.45, 2.75) is 25.9 Å². The first-order valence-corrected chi connectivity index (χ1v) is 7.58. The Bertz CT molecular complexity index is 628. The van der Waals surface area contributed by atoms with Crippen LogP contribution in [0.5, 0.6) is 5.75 Å². The maximum absolute atomic E-state index is 5.81. The van der Waals surface area contributed by atoms with Gasteiger partial charge in [-0.05, 0) is 37.9 Å². The summed E-state index contributed by atoms with van der Waals surface area (Å²) in [4.78, 5) is 7.27. The second-order valence-corrected chi connectivity index (χ2v) is 5.95. The Morgan fingerprint density at radius 2 is 2.19 bits per heavy atom. The standard InChI is InChI=1S/C17H23N3O/c1-12-8-13(9-18)10-20(12)11-15-7-6-14-4-3-5-16(21-2)17(14)19-15/h3-7,12-13H,8-11,18H2,1-2H3. The Labute approximate surface area is 125 Å². The smallest absolute Gasteiger partial charge is 0.145 e. The third-order valence-electron chi connectivity index (χ3n) is 4.45. The lowest BCUT2D eigenvalue weighted by atomic mass is 10.1. The number of hydrogen-bond donors (Lipinski definition) is 1. The highest BCUT2D eigenvalue weighted by Gasteiger charge is 2.28. The third-order valence-corrected chi connectivity index (χ3v) is 4.45. The summed E-state index contributed by atoms with van der Waals surface area (Å²) in [7, 11) is 1.69. The first kappa shape index (κ1) is 14.3. The number of nitrogens with zero attached hydrogens (tertiary/aromatic N) is 2. The summed E-state index contributed by atoms with van der Waals surface area (Å²) in [6.45, 7) is 5.01. The molecule has 1 saturated heterocycles. The van der Waals surface area contributed by atoms with Crippen molar-refractivity contribution < 1.29 is 4.74 Å². The fourth-order valence-corrected chi connectivity index (χ4v) is 3.23. The highest BCUT2D eigenvalue weighted by Crippen LogP contribution is 2.26. The first-order chi connectivity index (χ1) is 10.2. The fraction of sp³-hybridized carbons (Fsp3) is 0.471. The number of rotatable bonds is 4. The molecule has 1 aromatic heterocycles. The summed E-state index contributed by atoms with van der Waals surface area (Å²) in [6, 6.07) is 10.8. The Morgan fingerprint density at radius 1 is 1.33 bits per heavy atom. The lowest BCUT2D eigenvalue weighted by molar-refractivity contribution is 0.253. The van der Waals surface area contributed by atoms with E-state index in [0.29, 0.717) is 12.0 Å². The Morgan fingerprint density at radius 3 is 2.90 bits per heavy atom. The first-order valence-electron chi connectivity index (χ1n) is 7.58. The molecule has 0 bridgehead atoms. The number of nitrogens with two attached hydrogens (primary N) is 1. The lowest BCUT2D eigenvalue weighted by Crippen LogP contribution is -2.27. The van der Waals surface area contributed by atoms with Gasteiger partial charge in [-0.25, -0.2) is 4.98 Å². The van der Waals surface area contributed by atoms with Gasteiger partial charge in [-0.1, -0.05) is 18.2 Å². The summed E-state index contributed by atoms with van der Waals surface area (Å²) < 4.78 is 5.42. The molecular formula is C17H23N3O. The molecule has 1 aliphatic heterocycles. The summed E-state index contributed by atoms with van der Waals surface area (Å²) in [6.07, 6.45) is 1.19. The van der Waals surface area contributed by atoms with Crippen LogP contribution in [-0.2, 0) is 6.54 Å². The van der Waals surface area contributed by atoms with Gasteiger partial charge in [0.25, 0.3) is 0 Å². The predicted octanol–water partition coefficient (Wildman–Crippen LogP) is 2.41. The maximum Gasteiger partial charge on any atom is 0.145 e. The van der Waals surface area contributed by atoms with E-state index in [1.807, 2.05) is 12.1 Å². The average Bonchev–Trinajstić information content (AvgIpc) is 2.87. The Hall–Kier alpha value is -1.65. The second kappa shape index (κ2) is 6.00. The largest absolute Gasteiger partial charge is 0.494 e. The van der Waals surface area contributed by atoms with E-state index in [2.05, 4.69) is 30.0 Å². The Balaban J connectivity index is 1.84. The van der Waals surface area contributed by atoms with Gasteiger partial charge in [0.1, 0.15) is 11.3 Å². The molecule has 2 atom stereocenters. The molecule has 1 aromatic carbocycles. The van der Waals surface area contributed by atoms with Crippen LogP contribution >= 0.6 is 0 Å². The molecule has 0 saturated carbocycles. The van der Waals surface area contributed by atoms with E-state index in [0.717, 1.165) is 42.0 Å². The van der Waals surface area contributed by atoms with Crippen LogP contribution < -0.4 is 10.5 Å². The summed E-state index contributed by atoms with van der Waals surface area (Å²) in [5.41, 5.74) is 7.84. The van der Waals surface area contributed by atoms with E-state index in [1.54, 1.807) is 7.11 Å². The molecule has 2 N–H and O–H groups in total. The fourth-order valence-electron chi connectivity index (χ4n) is 3.23.